The summed E-state index contributed by atoms with van der Waals surface area (Å²) in [6.07, 6.45) is 0. The molecule has 2 N–H and O–H groups in total. The van der Waals surface area contributed by atoms with E-state index in [0.29, 0.717) is 11.3 Å². The van der Waals surface area contributed by atoms with Gasteiger partial charge in [0.15, 0.2) is 0 Å². The van der Waals surface area contributed by atoms with Crippen LogP contribution in [-0.4, -0.2) is 0 Å². The smallest absolute Gasteiger partial charge is 0.131 e. The third-order valence-corrected chi connectivity index (χ3v) is 2.49. The van der Waals surface area contributed by atoms with E-state index < -0.39 is 0 Å². The number of anilines is 1. The summed E-state index contributed by atoms with van der Waals surface area (Å²) in [5, 5.41) is 0. The first kappa shape index (κ1) is 9.71. The van der Waals surface area contributed by atoms with E-state index in [4.69, 9.17) is 5.73 Å². The molecule has 2 heteroatoms. The SMILES string of the molecule is Cc1cccc(-c2ccccc2F)c1N. The Bertz CT molecular complexity index is 492. The van der Waals surface area contributed by atoms with Crippen LogP contribution < -0.4 is 5.73 Å². The van der Waals surface area contributed by atoms with E-state index in [2.05, 4.69) is 0 Å². The Hall–Kier alpha value is -1.83. The number of hydrogen-bond acceptors (Lipinski definition) is 1. The summed E-state index contributed by atoms with van der Waals surface area (Å²) in [5.41, 5.74) is 8.84. The van der Waals surface area contributed by atoms with Crippen molar-refractivity contribution in [2.45, 2.75) is 6.92 Å². The summed E-state index contributed by atoms with van der Waals surface area (Å²) < 4.78 is 13.5. The minimum absolute atomic E-state index is 0.241. The molecule has 2 rings (SSSR count). The van der Waals surface area contributed by atoms with Crippen molar-refractivity contribution in [3.63, 3.8) is 0 Å². The van der Waals surface area contributed by atoms with Crippen molar-refractivity contribution in [3.05, 3.63) is 53.8 Å². The largest absolute Gasteiger partial charge is 0.398 e. The lowest BCUT2D eigenvalue weighted by atomic mass is 10.0. The fourth-order valence-electron chi connectivity index (χ4n) is 1.60. The van der Waals surface area contributed by atoms with Crippen molar-refractivity contribution in [2.24, 2.45) is 0 Å². The van der Waals surface area contributed by atoms with Gasteiger partial charge >= 0.3 is 0 Å². The molecule has 0 spiro atoms. The number of hydrogen-bond donors (Lipinski definition) is 1. The molecule has 0 amide bonds. The van der Waals surface area contributed by atoms with E-state index in [1.165, 1.54) is 6.07 Å². The zero-order chi connectivity index (χ0) is 10.8. The van der Waals surface area contributed by atoms with Crippen LogP contribution in [0.1, 0.15) is 5.56 Å². The van der Waals surface area contributed by atoms with Gasteiger partial charge in [-0.2, -0.15) is 0 Å². The highest BCUT2D eigenvalue weighted by atomic mass is 19.1. The zero-order valence-electron chi connectivity index (χ0n) is 8.50. The van der Waals surface area contributed by atoms with Crippen LogP contribution in [0.5, 0.6) is 0 Å². The van der Waals surface area contributed by atoms with Gasteiger partial charge in [-0.3, -0.25) is 0 Å². The maximum absolute atomic E-state index is 13.5. The predicted molar refractivity (Wildman–Crippen MR) is 61.0 cm³/mol. The summed E-state index contributed by atoms with van der Waals surface area (Å²) in [6.45, 7) is 1.92. The fraction of sp³-hybridized carbons (Fsp3) is 0.0769. The highest BCUT2D eigenvalue weighted by Gasteiger charge is 2.07. The quantitative estimate of drug-likeness (QED) is 0.703. The number of nitrogens with two attached hydrogens (primary N) is 1. The van der Waals surface area contributed by atoms with Gasteiger partial charge in [-0.25, -0.2) is 4.39 Å². The van der Waals surface area contributed by atoms with Crippen molar-refractivity contribution >= 4 is 5.69 Å². The molecular weight excluding hydrogens is 189 g/mol. The number of para-hydroxylation sites is 1. The van der Waals surface area contributed by atoms with E-state index in [9.17, 15) is 4.39 Å². The Kier molecular flexibility index (Phi) is 2.42. The molecule has 0 saturated carbocycles. The normalized spacial score (nSPS) is 10.3. The standard InChI is InChI=1S/C13H12FN/c1-9-5-4-7-11(13(9)15)10-6-2-3-8-12(10)14/h2-8H,15H2,1H3. The summed E-state index contributed by atoms with van der Waals surface area (Å²) >= 11 is 0. The first-order valence-electron chi connectivity index (χ1n) is 4.80. The molecule has 0 aliphatic rings. The molecule has 0 heterocycles. The van der Waals surface area contributed by atoms with Gasteiger partial charge in [0.05, 0.1) is 0 Å². The molecule has 1 nitrogen and oxygen atoms in total. The Morgan fingerprint density at radius 3 is 2.33 bits per heavy atom. The predicted octanol–water partition coefficient (Wildman–Crippen LogP) is 3.38. The van der Waals surface area contributed by atoms with Crippen LogP contribution in [0.3, 0.4) is 0 Å². The molecule has 0 aliphatic carbocycles. The maximum atomic E-state index is 13.5. The molecule has 0 aromatic heterocycles. The zero-order valence-corrected chi connectivity index (χ0v) is 8.50. The highest BCUT2D eigenvalue weighted by Crippen LogP contribution is 2.29. The van der Waals surface area contributed by atoms with Crippen molar-refractivity contribution < 1.29 is 4.39 Å². The van der Waals surface area contributed by atoms with Gasteiger partial charge in [-0.05, 0) is 18.6 Å². The van der Waals surface area contributed by atoms with Crippen molar-refractivity contribution in [1.82, 2.24) is 0 Å². The minimum atomic E-state index is -0.241. The minimum Gasteiger partial charge on any atom is -0.398 e. The summed E-state index contributed by atoms with van der Waals surface area (Å²) in [7, 11) is 0. The Morgan fingerprint density at radius 1 is 0.933 bits per heavy atom. The lowest BCUT2D eigenvalue weighted by molar-refractivity contribution is 0.631. The summed E-state index contributed by atoms with van der Waals surface area (Å²) in [4.78, 5) is 0. The Balaban J connectivity index is 2.65. The second-order valence-electron chi connectivity index (χ2n) is 3.52. The van der Waals surface area contributed by atoms with Crippen LogP contribution in [0.25, 0.3) is 11.1 Å². The molecule has 0 saturated heterocycles. The van der Waals surface area contributed by atoms with Crippen LogP contribution in [0.15, 0.2) is 42.5 Å². The Labute approximate surface area is 88.4 Å². The van der Waals surface area contributed by atoms with Crippen LogP contribution in [0, 0.1) is 12.7 Å². The monoisotopic (exact) mass is 201 g/mol. The number of benzene rings is 2. The van der Waals surface area contributed by atoms with Gasteiger partial charge in [0.25, 0.3) is 0 Å². The highest BCUT2D eigenvalue weighted by molar-refractivity contribution is 5.78. The lowest BCUT2D eigenvalue weighted by Crippen LogP contribution is -1.94. The van der Waals surface area contributed by atoms with E-state index in [-0.39, 0.29) is 5.82 Å². The molecule has 2 aromatic rings. The number of halogens is 1. The molecule has 76 valence electrons. The molecule has 2 aromatic carbocycles. The van der Waals surface area contributed by atoms with Gasteiger partial charge < -0.3 is 5.73 Å². The van der Waals surface area contributed by atoms with E-state index in [0.717, 1.165) is 11.1 Å². The molecule has 0 fully saturated rings. The molecule has 15 heavy (non-hydrogen) atoms. The molecule has 0 radical (unpaired) electrons. The third-order valence-electron chi connectivity index (χ3n) is 2.49. The number of nitrogen functional groups attached to an aromatic ring is 1. The van der Waals surface area contributed by atoms with Gasteiger partial charge in [-0.15, -0.1) is 0 Å². The molecule has 0 bridgehead atoms. The van der Waals surface area contributed by atoms with Crippen LogP contribution >= 0.6 is 0 Å². The van der Waals surface area contributed by atoms with Gasteiger partial charge in [0, 0.05) is 16.8 Å². The van der Waals surface area contributed by atoms with Crippen LogP contribution in [0.2, 0.25) is 0 Å². The molecule has 0 aliphatic heterocycles. The van der Waals surface area contributed by atoms with E-state index >= 15 is 0 Å². The molecular formula is C13H12FN. The maximum Gasteiger partial charge on any atom is 0.131 e. The Morgan fingerprint density at radius 2 is 1.60 bits per heavy atom. The fourth-order valence-corrected chi connectivity index (χ4v) is 1.60. The first-order valence-corrected chi connectivity index (χ1v) is 4.80. The first-order chi connectivity index (χ1) is 7.20. The van der Waals surface area contributed by atoms with Crippen molar-refractivity contribution in [2.75, 3.05) is 5.73 Å². The summed E-state index contributed by atoms with van der Waals surface area (Å²) in [6, 6.07) is 12.3. The average Bonchev–Trinajstić information content (AvgIpc) is 2.23. The van der Waals surface area contributed by atoms with Crippen molar-refractivity contribution in [1.29, 1.82) is 0 Å². The molecule has 0 atom stereocenters. The average molecular weight is 201 g/mol. The van der Waals surface area contributed by atoms with Gasteiger partial charge in [0.2, 0.25) is 0 Å². The third kappa shape index (κ3) is 1.71. The number of aryl methyl sites for hydroxylation is 1. The van der Waals surface area contributed by atoms with E-state index in [1.807, 2.05) is 25.1 Å². The number of rotatable bonds is 1. The molecule has 0 unspecified atom stereocenters. The van der Waals surface area contributed by atoms with Gasteiger partial charge in [0.1, 0.15) is 5.82 Å². The summed E-state index contributed by atoms with van der Waals surface area (Å²) in [5.74, 6) is -0.241. The van der Waals surface area contributed by atoms with Crippen molar-refractivity contribution in [3.8, 4) is 11.1 Å². The second kappa shape index (κ2) is 3.73. The van der Waals surface area contributed by atoms with Crippen LogP contribution in [0.4, 0.5) is 10.1 Å². The van der Waals surface area contributed by atoms with Crippen LogP contribution in [-0.2, 0) is 0 Å². The van der Waals surface area contributed by atoms with E-state index in [1.54, 1.807) is 18.2 Å². The van der Waals surface area contributed by atoms with Gasteiger partial charge in [-0.1, -0.05) is 36.4 Å². The lowest BCUT2D eigenvalue weighted by Gasteiger charge is -2.08. The second-order valence-corrected chi connectivity index (χ2v) is 3.52. The topological polar surface area (TPSA) is 26.0 Å².